The minimum Gasteiger partial charge on any atom is -0.454 e. The van der Waals surface area contributed by atoms with Crippen LogP contribution in [0.15, 0.2) is 47.6 Å². The van der Waals surface area contributed by atoms with Crippen molar-refractivity contribution in [3.8, 4) is 0 Å². The monoisotopic (exact) mass is 226 g/mol. The van der Waals surface area contributed by atoms with Gasteiger partial charge in [0.1, 0.15) is 6.10 Å². The van der Waals surface area contributed by atoms with Crippen LogP contribution in [-0.2, 0) is 9.53 Å². The summed E-state index contributed by atoms with van der Waals surface area (Å²) in [4.78, 5) is 11.9. The third-order valence-corrected chi connectivity index (χ3v) is 3.40. The van der Waals surface area contributed by atoms with Gasteiger partial charge in [0.05, 0.1) is 5.57 Å². The highest BCUT2D eigenvalue weighted by Gasteiger charge is 2.35. The lowest BCUT2D eigenvalue weighted by Crippen LogP contribution is -2.04. The molecule has 1 aliphatic heterocycles. The number of hydrogen-bond acceptors (Lipinski definition) is 2. The molecule has 0 radical (unpaired) electrons. The maximum atomic E-state index is 11.9. The number of benzene rings is 1. The molecule has 2 aliphatic rings. The largest absolute Gasteiger partial charge is 0.454 e. The van der Waals surface area contributed by atoms with Crippen molar-refractivity contribution in [3.05, 3.63) is 53.1 Å². The molecule has 1 heterocycles. The van der Waals surface area contributed by atoms with Gasteiger partial charge in [-0.3, -0.25) is 0 Å². The average molecular weight is 226 g/mol. The van der Waals surface area contributed by atoms with E-state index >= 15 is 0 Å². The molecule has 3 rings (SSSR count). The summed E-state index contributed by atoms with van der Waals surface area (Å²) in [6, 6.07) is 10.1. The van der Waals surface area contributed by atoms with Crippen LogP contribution in [0, 0.1) is 0 Å². The van der Waals surface area contributed by atoms with E-state index in [1.165, 1.54) is 0 Å². The van der Waals surface area contributed by atoms with E-state index in [9.17, 15) is 4.79 Å². The molecule has 0 aromatic heterocycles. The number of allylic oxidation sites excluding steroid dienone is 2. The van der Waals surface area contributed by atoms with Crippen LogP contribution in [0.2, 0.25) is 0 Å². The molecule has 1 fully saturated rings. The zero-order chi connectivity index (χ0) is 11.8. The van der Waals surface area contributed by atoms with Gasteiger partial charge in [-0.15, -0.1) is 0 Å². The fourth-order valence-electron chi connectivity index (χ4n) is 2.59. The third kappa shape index (κ3) is 1.60. The molecule has 0 bridgehead atoms. The smallest absolute Gasteiger partial charge is 0.339 e. The summed E-state index contributed by atoms with van der Waals surface area (Å²) >= 11 is 0. The Hall–Kier alpha value is -1.83. The summed E-state index contributed by atoms with van der Waals surface area (Å²) < 4.78 is 5.29. The number of fused-ring (bicyclic) bond motifs is 1. The lowest BCUT2D eigenvalue weighted by molar-refractivity contribution is -0.137. The van der Waals surface area contributed by atoms with Crippen molar-refractivity contribution in [1.29, 1.82) is 0 Å². The molecular weight excluding hydrogens is 212 g/mol. The second kappa shape index (κ2) is 3.88. The van der Waals surface area contributed by atoms with E-state index in [1.807, 2.05) is 25.1 Å². The first-order valence-corrected chi connectivity index (χ1v) is 5.97. The lowest BCUT2D eigenvalue weighted by Gasteiger charge is -2.15. The van der Waals surface area contributed by atoms with Crippen LogP contribution in [0.4, 0.5) is 0 Å². The molecule has 0 saturated carbocycles. The number of carbonyl (C=O) groups excluding carboxylic acids is 1. The molecule has 1 aromatic rings. The van der Waals surface area contributed by atoms with Crippen molar-refractivity contribution >= 4 is 11.5 Å². The molecule has 0 N–H and O–H groups in total. The molecule has 0 spiro atoms. The van der Waals surface area contributed by atoms with Crippen molar-refractivity contribution in [2.24, 2.45) is 0 Å². The summed E-state index contributed by atoms with van der Waals surface area (Å²) in [5, 5.41) is 0. The highest BCUT2D eigenvalue weighted by atomic mass is 16.5. The van der Waals surface area contributed by atoms with E-state index < -0.39 is 0 Å². The van der Waals surface area contributed by atoms with E-state index in [-0.39, 0.29) is 12.1 Å². The van der Waals surface area contributed by atoms with Crippen LogP contribution >= 0.6 is 0 Å². The fourth-order valence-corrected chi connectivity index (χ4v) is 2.59. The van der Waals surface area contributed by atoms with Crippen LogP contribution in [0.3, 0.4) is 0 Å². The molecule has 86 valence electrons. The Balaban J connectivity index is 2.16. The molecular formula is C15H14O2. The van der Waals surface area contributed by atoms with Gasteiger partial charge in [0.15, 0.2) is 0 Å². The Morgan fingerprint density at radius 2 is 2.00 bits per heavy atom. The zero-order valence-corrected chi connectivity index (χ0v) is 9.77. The maximum absolute atomic E-state index is 11.9. The normalized spacial score (nSPS) is 23.2. The third-order valence-electron chi connectivity index (χ3n) is 3.40. The van der Waals surface area contributed by atoms with Crippen molar-refractivity contribution < 1.29 is 9.53 Å². The second-order valence-corrected chi connectivity index (χ2v) is 4.47. The Bertz CT molecular complexity index is 523. The van der Waals surface area contributed by atoms with Gasteiger partial charge in [0, 0.05) is 5.57 Å². The van der Waals surface area contributed by atoms with E-state index in [0.29, 0.717) is 0 Å². The average Bonchev–Trinajstić information content (AvgIpc) is 2.66. The quantitative estimate of drug-likeness (QED) is 0.688. The Morgan fingerprint density at radius 3 is 2.76 bits per heavy atom. The highest BCUT2D eigenvalue weighted by molar-refractivity contribution is 6.05. The van der Waals surface area contributed by atoms with Crippen molar-refractivity contribution in [2.75, 3.05) is 0 Å². The van der Waals surface area contributed by atoms with E-state index in [0.717, 1.165) is 35.1 Å². The molecule has 1 aliphatic carbocycles. The van der Waals surface area contributed by atoms with Crippen LogP contribution in [-0.4, -0.2) is 12.1 Å². The Labute approximate surface area is 101 Å². The van der Waals surface area contributed by atoms with Gasteiger partial charge in [-0.2, -0.15) is 0 Å². The van der Waals surface area contributed by atoms with Gasteiger partial charge in [0.2, 0.25) is 0 Å². The minimum absolute atomic E-state index is 0.0866. The number of carbonyl (C=O) groups is 1. The van der Waals surface area contributed by atoms with Gasteiger partial charge in [-0.25, -0.2) is 4.79 Å². The molecule has 1 atom stereocenters. The molecule has 17 heavy (non-hydrogen) atoms. The fraction of sp³-hybridized carbons (Fsp3) is 0.267. The SMILES string of the molecule is CC1OC(=O)C2=C(c3ccccc3)CCC=C21. The Morgan fingerprint density at radius 1 is 1.24 bits per heavy atom. The highest BCUT2D eigenvalue weighted by Crippen LogP contribution is 2.39. The minimum atomic E-state index is -0.165. The van der Waals surface area contributed by atoms with E-state index in [4.69, 9.17) is 4.74 Å². The van der Waals surface area contributed by atoms with Crippen molar-refractivity contribution in [2.45, 2.75) is 25.9 Å². The van der Waals surface area contributed by atoms with Gasteiger partial charge >= 0.3 is 5.97 Å². The first kappa shape index (κ1) is 10.3. The standard InChI is InChI=1S/C15H14O2/c1-10-12-8-5-9-13(14(12)15(16)17-10)11-6-3-2-4-7-11/h2-4,6-8,10H,5,9H2,1H3. The van der Waals surface area contributed by atoms with Crippen molar-refractivity contribution in [3.63, 3.8) is 0 Å². The molecule has 1 aromatic carbocycles. The van der Waals surface area contributed by atoms with Crippen LogP contribution in [0.25, 0.3) is 5.57 Å². The summed E-state index contributed by atoms with van der Waals surface area (Å²) in [6.45, 7) is 1.94. The van der Waals surface area contributed by atoms with Crippen LogP contribution in [0.5, 0.6) is 0 Å². The van der Waals surface area contributed by atoms with E-state index in [1.54, 1.807) is 0 Å². The molecule has 1 unspecified atom stereocenters. The molecule has 0 amide bonds. The van der Waals surface area contributed by atoms with Gasteiger partial charge in [0.25, 0.3) is 0 Å². The zero-order valence-electron chi connectivity index (χ0n) is 9.77. The van der Waals surface area contributed by atoms with Crippen LogP contribution in [0.1, 0.15) is 25.3 Å². The second-order valence-electron chi connectivity index (χ2n) is 4.47. The molecule has 1 saturated heterocycles. The topological polar surface area (TPSA) is 26.3 Å². The number of esters is 1. The summed E-state index contributed by atoms with van der Waals surface area (Å²) in [5.41, 5.74) is 4.15. The summed E-state index contributed by atoms with van der Waals surface area (Å²) in [6.07, 6.45) is 3.96. The maximum Gasteiger partial charge on any atom is 0.339 e. The number of ether oxygens (including phenoxy) is 1. The summed E-state index contributed by atoms with van der Waals surface area (Å²) in [5.74, 6) is -0.165. The predicted octanol–water partition coefficient (Wildman–Crippen LogP) is 3.11. The first-order chi connectivity index (χ1) is 8.27. The predicted molar refractivity (Wildman–Crippen MR) is 66.2 cm³/mol. The Kier molecular flexibility index (Phi) is 2.36. The van der Waals surface area contributed by atoms with Crippen LogP contribution < -0.4 is 0 Å². The first-order valence-electron chi connectivity index (χ1n) is 5.97. The lowest BCUT2D eigenvalue weighted by atomic mass is 9.86. The number of hydrogen-bond donors (Lipinski definition) is 0. The van der Waals surface area contributed by atoms with Gasteiger partial charge < -0.3 is 4.74 Å². The number of rotatable bonds is 1. The number of cyclic esters (lactones) is 1. The summed E-state index contributed by atoms with van der Waals surface area (Å²) in [7, 11) is 0. The van der Waals surface area contributed by atoms with Gasteiger partial charge in [-0.1, -0.05) is 36.4 Å². The molecule has 2 heteroatoms. The van der Waals surface area contributed by atoms with Gasteiger partial charge in [-0.05, 0) is 30.9 Å². The molecule has 2 nitrogen and oxygen atoms in total. The van der Waals surface area contributed by atoms with Crippen molar-refractivity contribution in [1.82, 2.24) is 0 Å². The van der Waals surface area contributed by atoms with E-state index in [2.05, 4.69) is 18.2 Å².